The fourth-order valence-corrected chi connectivity index (χ4v) is 3.76. The summed E-state index contributed by atoms with van der Waals surface area (Å²) in [6, 6.07) is 2.55. The number of piperazine rings is 1. The third kappa shape index (κ3) is 3.06. The van der Waals surface area contributed by atoms with Crippen LogP contribution in [0.5, 0.6) is 0 Å². The lowest BCUT2D eigenvalue weighted by molar-refractivity contribution is -0.574. The Morgan fingerprint density at radius 2 is 1.85 bits per heavy atom. The number of fused-ring (bicyclic) bond motifs is 1. The van der Waals surface area contributed by atoms with E-state index in [-0.39, 0.29) is 16.1 Å². The van der Waals surface area contributed by atoms with Crippen LogP contribution < -0.4 is 15.6 Å². The SMILES string of the molecule is CNC(C)(C)C(=O)N1CCN(C(=O)n2sc3c(ccc[n+]3[O-])c2=O)CC1. The van der Waals surface area contributed by atoms with E-state index >= 15 is 0 Å². The Morgan fingerprint density at radius 3 is 2.42 bits per heavy atom. The highest BCUT2D eigenvalue weighted by Gasteiger charge is 2.34. The lowest BCUT2D eigenvalue weighted by Gasteiger charge is -2.38. The molecule has 0 atom stereocenters. The van der Waals surface area contributed by atoms with Gasteiger partial charge in [0.05, 0.1) is 5.54 Å². The average Bonchev–Trinajstić information content (AvgIpc) is 2.99. The number of aromatic nitrogens is 2. The maximum Gasteiger partial charge on any atom is 0.341 e. The van der Waals surface area contributed by atoms with Gasteiger partial charge in [0.1, 0.15) is 5.39 Å². The van der Waals surface area contributed by atoms with Crippen LogP contribution in [0.15, 0.2) is 23.1 Å². The number of rotatable bonds is 2. The molecule has 0 spiro atoms. The van der Waals surface area contributed by atoms with Gasteiger partial charge in [-0.15, -0.1) is 0 Å². The molecular formula is C16H21N5O4S. The van der Waals surface area contributed by atoms with Gasteiger partial charge >= 0.3 is 10.9 Å². The summed E-state index contributed by atoms with van der Waals surface area (Å²) in [5.41, 5.74) is -1.16. The number of likely N-dealkylation sites (N-methyl/N-ethyl adjacent to an activating group) is 1. The first-order chi connectivity index (χ1) is 12.3. The van der Waals surface area contributed by atoms with E-state index in [0.29, 0.717) is 30.9 Å². The molecule has 0 saturated carbocycles. The lowest BCUT2D eigenvalue weighted by atomic mass is 10.0. The van der Waals surface area contributed by atoms with Crippen molar-refractivity contribution in [2.45, 2.75) is 19.4 Å². The number of hydrogen-bond acceptors (Lipinski definition) is 6. The molecule has 0 aliphatic carbocycles. The smallest absolute Gasteiger partial charge is 0.341 e. The Kier molecular flexibility index (Phi) is 4.72. The summed E-state index contributed by atoms with van der Waals surface area (Å²) in [4.78, 5) is 41.0. The topological polar surface area (TPSA) is 102 Å². The zero-order chi connectivity index (χ0) is 19.1. The van der Waals surface area contributed by atoms with Crippen LogP contribution in [-0.2, 0) is 4.79 Å². The van der Waals surface area contributed by atoms with Gasteiger partial charge in [-0.2, -0.15) is 8.69 Å². The molecule has 2 aromatic heterocycles. The molecule has 0 unspecified atom stereocenters. The van der Waals surface area contributed by atoms with Crippen LogP contribution in [0.2, 0.25) is 0 Å². The third-order valence-corrected chi connectivity index (χ3v) is 5.76. The summed E-state index contributed by atoms with van der Waals surface area (Å²) in [5, 5.41) is 15.0. The Bertz CT molecular complexity index is 911. The molecule has 1 saturated heterocycles. The molecule has 1 N–H and O–H groups in total. The van der Waals surface area contributed by atoms with Crippen LogP contribution in [0.1, 0.15) is 13.8 Å². The van der Waals surface area contributed by atoms with Gasteiger partial charge in [-0.3, -0.25) is 9.59 Å². The molecule has 0 bridgehead atoms. The molecular weight excluding hydrogens is 358 g/mol. The maximum absolute atomic E-state index is 12.7. The molecule has 9 nitrogen and oxygen atoms in total. The molecule has 3 rings (SSSR count). The van der Waals surface area contributed by atoms with E-state index in [1.807, 2.05) is 13.8 Å². The first kappa shape index (κ1) is 18.3. The predicted molar refractivity (Wildman–Crippen MR) is 97.1 cm³/mol. The lowest BCUT2D eigenvalue weighted by Crippen LogP contribution is -2.59. The van der Waals surface area contributed by atoms with E-state index in [2.05, 4.69) is 5.32 Å². The third-order valence-electron chi connectivity index (χ3n) is 4.68. The molecule has 10 heteroatoms. The zero-order valence-electron chi connectivity index (χ0n) is 14.9. The fraction of sp³-hybridized carbons (Fsp3) is 0.500. The standard InChI is InChI=1S/C16H21N5O4S/c1-16(2,17-3)14(23)18-7-9-19(10-8-18)15(24)21-12(22)11-5-4-6-20(25)13(11)26-21/h4-6,17H,7-10H2,1-3H3. The number of pyridine rings is 1. The average molecular weight is 379 g/mol. The number of nitrogens with one attached hydrogen (secondary N) is 1. The van der Waals surface area contributed by atoms with Crippen LogP contribution >= 0.6 is 11.5 Å². The number of carbonyl (C=O) groups is 2. The minimum Gasteiger partial charge on any atom is -0.618 e. The second kappa shape index (κ2) is 6.69. The molecule has 1 aliphatic rings. The van der Waals surface area contributed by atoms with E-state index in [1.54, 1.807) is 11.9 Å². The van der Waals surface area contributed by atoms with Gasteiger partial charge in [-0.05, 0) is 27.0 Å². The molecule has 2 aromatic rings. The Morgan fingerprint density at radius 1 is 1.23 bits per heavy atom. The first-order valence-electron chi connectivity index (χ1n) is 8.28. The van der Waals surface area contributed by atoms with Crippen molar-refractivity contribution in [2.75, 3.05) is 33.2 Å². The normalized spacial score (nSPS) is 15.5. The van der Waals surface area contributed by atoms with Crippen LogP contribution in [0.25, 0.3) is 10.2 Å². The van der Waals surface area contributed by atoms with E-state index in [9.17, 15) is 19.6 Å². The Balaban J connectivity index is 1.76. The Labute approximate surface area is 154 Å². The van der Waals surface area contributed by atoms with Crippen molar-refractivity contribution < 1.29 is 14.3 Å². The molecule has 140 valence electrons. The molecule has 0 radical (unpaired) electrons. The molecule has 3 heterocycles. The minimum atomic E-state index is -0.670. The van der Waals surface area contributed by atoms with Gasteiger partial charge in [0, 0.05) is 43.8 Å². The number of amides is 2. The van der Waals surface area contributed by atoms with Crippen molar-refractivity contribution in [2.24, 2.45) is 0 Å². The van der Waals surface area contributed by atoms with Crippen LogP contribution in [-0.4, -0.2) is 64.5 Å². The van der Waals surface area contributed by atoms with Gasteiger partial charge in [0.15, 0.2) is 6.20 Å². The number of carbonyl (C=O) groups excluding carboxylic acids is 2. The van der Waals surface area contributed by atoms with Crippen LogP contribution in [0, 0.1) is 5.21 Å². The van der Waals surface area contributed by atoms with Crippen LogP contribution in [0.4, 0.5) is 4.79 Å². The quantitative estimate of drug-likeness (QED) is 0.576. The van der Waals surface area contributed by atoms with Gasteiger partial charge in [0.25, 0.3) is 5.56 Å². The summed E-state index contributed by atoms with van der Waals surface area (Å²) in [6.07, 6.45) is 1.29. The summed E-state index contributed by atoms with van der Waals surface area (Å²) in [6.45, 7) is 5.09. The van der Waals surface area contributed by atoms with Gasteiger partial charge < -0.3 is 20.3 Å². The summed E-state index contributed by atoms with van der Waals surface area (Å²) >= 11 is 0.840. The van der Waals surface area contributed by atoms with E-state index < -0.39 is 17.1 Å². The highest BCUT2D eigenvalue weighted by molar-refractivity contribution is 7.13. The van der Waals surface area contributed by atoms with Crippen molar-refractivity contribution in [3.63, 3.8) is 0 Å². The van der Waals surface area contributed by atoms with Crippen molar-refractivity contribution in [3.8, 4) is 0 Å². The predicted octanol–water partition coefficient (Wildman–Crippen LogP) is -0.193. The summed E-state index contributed by atoms with van der Waals surface area (Å²) in [5.74, 6) is -0.0291. The molecule has 0 aromatic carbocycles. The number of hydrogen-bond donors (Lipinski definition) is 1. The van der Waals surface area contributed by atoms with E-state index in [4.69, 9.17) is 0 Å². The Hall–Kier alpha value is -2.46. The number of nitrogens with zero attached hydrogens (tertiary/aromatic N) is 4. The first-order valence-corrected chi connectivity index (χ1v) is 9.05. The largest absolute Gasteiger partial charge is 0.618 e. The van der Waals surface area contributed by atoms with Crippen LogP contribution in [0.3, 0.4) is 0 Å². The summed E-state index contributed by atoms with van der Waals surface area (Å²) < 4.78 is 1.59. The minimum absolute atomic E-state index is 0.0291. The zero-order valence-corrected chi connectivity index (χ0v) is 15.7. The van der Waals surface area contributed by atoms with Gasteiger partial charge in [-0.1, -0.05) is 0 Å². The fourth-order valence-electron chi connectivity index (χ4n) is 2.82. The summed E-state index contributed by atoms with van der Waals surface area (Å²) in [7, 11) is 1.73. The van der Waals surface area contributed by atoms with E-state index in [0.717, 1.165) is 15.5 Å². The van der Waals surface area contributed by atoms with Crippen molar-refractivity contribution in [1.82, 2.24) is 19.1 Å². The molecule has 2 amide bonds. The highest BCUT2D eigenvalue weighted by Crippen LogP contribution is 2.15. The monoisotopic (exact) mass is 379 g/mol. The second-order valence-electron chi connectivity index (χ2n) is 6.68. The molecule has 1 aliphatic heterocycles. The van der Waals surface area contributed by atoms with Crippen molar-refractivity contribution in [1.29, 1.82) is 0 Å². The highest BCUT2D eigenvalue weighted by atomic mass is 32.1. The molecule has 26 heavy (non-hydrogen) atoms. The van der Waals surface area contributed by atoms with E-state index in [1.165, 1.54) is 23.2 Å². The molecule has 1 fully saturated rings. The maximum atomic E-state index is 12.7. The van der Waals surface area contributed by atoms with Crippen molar-refractivity contribution in [3.05, 3.63) is 33.9 Å². The second-order valence-corrected chi connectivity index (χ2v) is 7.61. The van der Waals surface area contributed by atoms with Gasteiger partial charge in [-0.25, -0.2) is 4.79 Å². The van der Waals surface area contributed by atoms with Crippen molar-refractivity contribution >= 4 is 33.7 Å². The van der Waals surface area contributed by atoms with Gasteiger partial charge in [0.2, 0.25) is 5.91 Å².